The minimum atomic E-state index is -1.13. The van der Waals surface area contributed by atoms with Crippen molar-refractivity contribution in [2.75, 3.05) is 13.2 Å². The Labute approximate surface area is 156 Å². The quantitative estimate of drug-likeness (QED) is 0.527. The van der Waals surface area contributed by atoms with E-state index in [0.29, 0.717) is 24.2 Å². The first-order chi connectivity index (χ1) is 12.4. The van der Waals surface area contributed by atoms with Gasteiger partial charge in [0.2, 0.25) is 0 Å². The summed E-state index contributed by atoms with van der Waals surface area (Å²) >= 11 is 0. The molecule has 26 heavy (non-hydrogen) atoms. The van der Waals surface area contributed by atoms with E-state index in [-0.39, 0.29) is 16.6 Å². The van der Waals surface area contributed by atoms with Crippen LogP contribution in [0, 0.1) is 39.9 Å². The number of hydrogen-bond acceptors (Lipinski definition) is 4. The molecule has 0 aromatic rings. The Kier molecular flexibility index (Phi) is 3.54. The number of rotatable bonds is 0. The molecule has 0 bridgehead atoms. The van der Waals surface area contributed by atoms with Crippen LogP contribution in [0.15, 0.2) is 11.6 Å². The van der Waals surface area contributed by atoms with Crippen molar-refractivity contribution in [1.29, 1.82) is 5.26 Å². The summed E-state index contributed by atoms with van der Waals surface area (Å²) in [6, 6.07) is 2.28. The van der Waals surface area contributed by atoms with Crippen LogP contribution in [0.2, 0.25) is 0 Å². The summed E-state index contributed by atoms with van der Waals surface area (Å²) in [6.45, 7) is 6.10. The summed E-state index contributed by atoms with van der Waals surface area (Å²) in [7, 11) is 0. The van der Waals surface area contributed by atoms with Crippen LogP contribution >= 0.6 is 0 Å². The van der Waals surface area contributed by atoms with Gasteiger partial charge in [-0.05, 0) is 61.7 Å². The molecule has 1 spiro atoms. The van der Waals surface area contributed by atoms with Crippen molar-refractivity contribution < 1.29 is 14.6 Å². The first-order valence-corrected chi connectivity index (χ1v) is 10.5. The van der Waals surface area contributed by atoms with E-state index in [4.69, 9.17) is 9.47 Å². The molecule has 4 fully saturated rings. The van der Waals surface area contributed by atoms with Crippen LogP contribution in [0.3, 0.4) is 0 Å². The fourth-order valence-corrected chi connectivity index (χ4v) is 7.55. The fraction of sp³-hybridized carbons (Fsp3) is 0.864. The largest absolute Gasteiger partial charge is 0.375 e. The summed E-state index contributed by atoms with van der Waals surface area (Å²) in [5.41, 5.74) is 0.412. The monoisotopic (exact) mass is 357 g/mol. The van der Waals surface area contributed by atoms with Crippen molar-refractivity contribution in [3.63, 3.8) is 0 Å². The highest BCUT2D eigenvalue weighted by Crippen LogP contribution is 2.67. The van der Waals surface area contributed by atoms with Crippen LogP contribution in [0.4, 0.5) is 0 Å². The molecule has 0 aromatic heterocycles. The third-order valence-electron chi connectivity index (χ3n) is 9.26. The summed E-state index contributed by atoms with van der Waals surface area (Å²) < 4.78 is 12.0. The molecule has 4 aliphatic carbocycles. The molecule has 4 heteroatoms. The van der Waals surface area contributed by atoms with E-state index in [1.807, 2.05) is 0 Å². The van der Waals surface area contributed by atoms with Crippen molar-refractivity contribution in [3.05, 3.63) is 11.6 Å². The van der Waals surface area contributed by atoms with Crippen LogP contribution in [-0.4, -0.2) is 29.7 Å². The zero-order chi connectivity index (χ0) is 18.2. The summed E-state index contributed by atoms with van der Waals surface area (Å²) in [4.78, 5) is 0. The van der Waals surface area contributed by atoms with Crippen molar-refractivity contribution in [2.24, 2.45) is 28.6 Å². The maximum atomic E-state index is 11.0. The maximum absolute atomic E-state index is 11.0. The topological polar surface area (TPSA) is 62.5 Å². The highest BCUT2D eigenvalue weighted by atomic mass is 16.7. The van der Waals surface area contributed by atoms with Gasteiger partial charge in [0, 0.05) is 18.3 Å². The van der Waals surface area contributed by atoms with Crippen molar-refractivity contribution >= 4 is 0 Å². The lowest BCUT2D eigenvalue weighted by atomic mass is 9.47. The van der Waals surface area contributed by atoms with Gasteiger partial charge in [-0.2, -0.15) is 5.26 Å². The normalized spacial score (nSPS) is 51.9. The molecule has 4 nitrogen and oxygen atoms in total. The Morgan fingerprint density at radius 1 is 1.08 bits per heavy atom. The van der Waals surface area contributed by atoms with Gasteiger partial charge in [-0.15, -0.1) is 0 Å². The van der Waals surface area contributed by atoms with Gasteiger partial charge in [0.25, 0.3) is 0 Å². The molecule has 5 rings (SSSR count). The number of ether oxygens (including phenoxy) is 2. The summed E-state index contributed by atoms with van der Waals surface area (Å²) in [6.07, 6.45) is 10.4. The molecule has 142 valence electrons. The molecule has 0 amide bonds. The lowest BCUT2D eigenvalue weighted by molar-refractivity contribution is -0.186. The van der Waals surface area contributed by atoms with E-state index in [2.05, 4.69) is 26.0 Å². The minimum absolute atomic E-state index is 0.234. The predicted molar refractivity (Wildman–Crippen MR) is 96.9 cm³/mol. The highest BCUT2D eigenvalue weighted by Gasteiger charge is 2.64. The molecule has 5 aliphatic rings. The molecule has 0 unspecified atom stereocenters. The van der Waals surface area contributed by atoms with E-state index in [9.17, 15) is 10.4 Å². The average molecular weight is 357 g/mol. The van der Waals surface area contributed by atoms with Gasteiger partial charge in [-0.3, -0.25) is 0 Å². The van der Waals surface area contributed by atoms with E-state index in [0.717, 1.165) is 58.2 Å². The maximum Gasteiger partial charge on any atom is 0.172 e. The van der Waals surface area contributed by atoms with Gasteiger partial charge in [0.05, 0.1) is 19.3 Å². The van der Waals surface area contributed by atoms with Crippen molar-refractivity contribution in [3.8, 4) is 6.07 Å². The number of aliphatic hydroxyl groups is 1. The lowest BCUT2D eigenvalue weighted by Gasteiger charge is -2.59. The molecule has 1 heterocycles. The summed E-state index contributed by atoms with van der Waals surface area (Å²) in [5.74, 6) is 1.38. The van der Waals surface area contributed by atoms with Crippen molar-refractivity contribution in [2.45, 2.75) is 76.6 Å². The lowest BCUT2D eigenvalue weighted by Crippen LogP contribution is -2.55. The number of allylic oxidation sites excluding steroid dienone is 1. The Balaban J connectivity index is 1.47. The zero-order valence-corrected chi connectivity index (χ0v) is 16.1. The number of nitrogens with zero attached hydrogens (tertiary/aromatic N) is 1. The van der Waals surface area contributed by atoms with Crippen LogP contribution in [0.1, 0.15) is 65.2 Å². The van der Waals surface area contributed by atoms with E-state index < -0.39 is 5.60 Å². The molecule has 1 N–H and O–H groups in total. The van der Waals surface area contributed by atoms with Crippen LogP contribution < -0.4 is 0 Å². The van der Waals surface area contributed by atoms with E-state index in [1.165, 1.54) is 0 Å². The van der Waals surface area contributed by atoms with Gasteiger partial charge in [0.15, 0.2) is 11.4 Å². The zero-order valence-electron chi connectivity index (χ0n) is 16.1. The molecule has 0 aromatic carbocycles. The average Bonchev–Trinajstić information content (AvgIpc) is 3.19. The number of nitriles is 1. The molecular formula is C22H31NO3. The third-order valence-corrected chi connectivity index (χ3v) is 9.26. The second-order valence-electron chi connectivity index (χ2n) is 10.0. The second kappa shape index (κ2) is 5.34. The first kappa shape index (κ1) is 17.2. The standard InChI is InChI=1S/C22H31NO3/c1-19-9-10-22(25-11-12-26-22)13-15(19)3-4-16-17(19)5-7-20(2)18(16)6-8-21(20,24)14-23/h3,16-18,24H,4-13H2,1-2H3/t16-,17+,18+,19+,20+,21+/m0/s1. The molecule has 0 radical (unpaired) electrons. The van der Waals surface area contributed by atoms with E-state index >= 15 is 0 Å². The third kappa shape index (κ3) is 2.00. The fourth-order valence-electron chi connectivity index (χ4n) is 7.55. The Hall–Kier alpha value is -0.890. The molecule has 3 saturated carbocycles. The van der Waals surface area contributed by atoms with Crippen LogP contribution in [-0.2, 0) is 9.47 Å². The van der Waals surface area contributed by atoms with Gasteiger partial charge in [-0.1, -0.05) is 25.5 Å². The first-order valence-electron chi connectivity index (χ1n) is 10.5. The van der Waals surface area contributed by atoms with Crippen LogP contribution in [0.5, 0.6) is 0 Å². The van der Waals surface area contributed by atoms with Gasteiger partial charge >= 0.3 is 0 Å². The van der Waals surface area contributed by atoms with Crippen LogP contribution in [0.25, 0.3) is 0 Å². The number of hydrogen-bond donors (Lipinski definition) is 1. The van der Waals surface area contributed by atoms with Gasteiger partial charge in [-0.25, -0.2) is 0 Å². The smallest absolute Gasteiger partial charge is 0.172 e. The predicted octanol–water partition coefficient (Wildman–Crippen LogP) is 3.95. The molecule has 1 aliphatic heterocycles. The molecule has 6 atom stereocenters. The molecule has 1 saturated heterocycles. The Morgan fingerprint density at radius 3 is 2.54 bits per heavy atom. The van der Waals surface area contributed by atoms with Gasteiger partial charge in [0.1, 0.15) is 0 Å². The SMILES string of the molecule is C[C@@]12CCC3(CC1=CC[C@H]1[C@H]2CC[C@]2(C)[C@@H]1CC[C@@]2(O)C#N)OCCO3. The van der Waals surface area contributed by atoms with E-state index in [1.54, 1.807) is 5.57 Å². The van der Waals surface area contributed by atoms with Gasteiger partial charge < -0.3 is 14.6 Å². The Morgan fingerprint density at radius 2 is 1.81 bits per heavy atom. The van der Waals surface area contributed by atoms with Crippen molar-refractivity contribution in [1.82, 2.24) is 0 Å². The molecular weight excluding hydrogens is 326 g/mol. The highest BCUT2D eigenvalue weighted by molar-refractivity contribution is 5.28. The summed E-state index contributed by atoms with van der Waals surface area (Å²) in [5, 5.41) is 20.6. The minimum Gasteiger partial charge on any atom is -0.375 e. The Bertz CT molecular complexity index is 690. The second-order valence-corrected chi connectivity index (χ2v) is 10.0. The number of fused-ring (bicyclic) bond motifs is 5.